The molecule has 0 spiro atoms. The van der Waals surface area contributed by atoms with Crippen LogP contribution >= 0.6 is 0 Å². The molecule has 0 aliphatic carbocycles. The predicted molar refractivity (Wildman–Crippen MR) is 115 cm³/mol. The van der Waals surface area contributed by atoms with Crippen LogP contribution in [0.1, 0.15) is 53.9 Å². The highest BCUT2D eigenvalue weighted by molar-refractivity contribution is 5.99. The maximum atomic E-state index is 13.0. The monoisotopic (exact) mass is 426 g/mol. The van der Waals surface area contributed by atoms with E-state index >= 15 is 0 Å². The topological polar surface area (TPSA) is 119 Å². The molecule has 0 rings (SSSR count). The second kappa shape index (κ2) is 11.7. The first kappa shape index (κ1) is 27.6. The Morgan fingerprint density at radius 1 is 1.10 bits per heavy atom. The normalized spacial score (nSPS) is 13.3. The van der Waals surface area contributed by atoms with Crippen LogP contribution in [0, 0.1) is 5.92 Å². The van der Waals surface area contributed by atoms with Crippen molar-refractivity contribution < 1.29 is 24.3 Å². The van der Waals surface area contributed by atoms with Gasteiger partial charge in [-0.25, -0.2) is 0 Å². The molecule has 0 saturated heterocycles. The Kier molecular flexibility index (Phi) is 10.7. The highest BCUT2D eigenvalue weighted by atomic mass is 16.3. The third kappa shape index (κ3) is 8.14. The van der Waals surface area contributed by atoms with E-state index in [4.69, 9.17) is 0 Å². The lowest BCUT2D eigenvalue weighted by Gasteiger charge is -2.34. The van der Waals surface area contributed by atoms with E-state index in [1.54, 1.807) is 13.8 Å². The number of hydrogen-bond acceptors (Lipinski definition) is 5. The molecular formula is C21H38N4O5. The van der Waals surface area contributed by atoms with Gasteiger partial charge >= 0.3 is 0 Å². The molecule has 0 radical (unpaired) electrons. The van der Waals surface area contributed by atoms with Gasteiger partial charge in [0.2, 0.25) is 17.7 Å². The molecule has 0 aromatic rings. The maximum Gasteiger partial charge on any atom is 0.270 e. The van der Waals surface area contributed by atoms with Crippen molar-refractivity contribution in [2.75, 3.05) is 21.1 Å². The fourth-order valence-corrected chi connectivity index (χ4v) is 2.84. The number of nitrogens with zero attached hydrogens (tertiary/aromatic N) is 2. The third-order valence-electron chi connectivity index (χ3n) is 4.77. The zero-order valence-corrected chi connectivity index (χ0v) is 19.5. The average Bonchev–Trinajstić information content (AvgIpc) is 2.66. The summed E-state index contributed by atoms with van der Waals surface area (Å²) in [6, 6.07) is -1.87. The Morgan fingerprint density at radius 3 is 2.03 bits per heavy atom. The number of likely N-dealkylation sites (N-methyl/N-ethyl adjacent to an activating group) is 3. The first-order valence-electron chi connectivity index (χ1n) is 10.1. The van der Waals surface area contributed by atoms with E-state index in [0.29, 0.717) is 6.42 Å². The van der Waals surface area contributed by atoms with Gasteiger partial charge in [-0.3, -0.25) is 19.2 Å². The van der Waals surface area contributed by atoms with E-state index in [9.17, 15) is 24.3 Å². The summed E-state index contributed by atoms with van der Waals surface area (Å²) in [6.07, 6.45) is 0.822. The lowest BCUT2D eigenvalue weighted by molar-refractivity contribution is -0.142. The molecule has 0 aromatic carbocycles. The Bertz CT molecular complexity index is 654. The minimum absolute atomic E-state index is 0.0699. The van der Waals surface area contributed by atoms with Crippen LogP contribution in [0.5, 0.6) is 0 Å². The summed E-state index contributed by atoms with van der Waals surface area (Å²) < 4.78 is 0. The second-order valence-electron chi connectivity index (χ2n) is 8.44. The molecule has 0 aliphatic heterocycles. The molecule has 30 heavy (non-hydrogen) atoms. The van der Waals surface area contributed by atoms with Gasteiger partial charge in [-0.1, -0.05) is 27.4 Å². The molecule has 0 saturated carbocycles. The van der Waals surface area contributed by atoms with Crippen LogP contribution in [0.15, 0.2) is 12.3 Å². The van der Waals surface area contributed by atoms with Crippen LogP contribution < -0.4 is 10.6 Å². The minimum atomic E-state index is -1.26. The Morgan fingerprint density at radius 2 is 1.63 bits per heavy atom. The number of nitrogens with one attached hydrogen (secondary N) is 2. The average molecular weight is 427 g/mol. The largest absolute Gasteiger partial charge is 0.390 e. The second-order valence-corrected chi connectivity index (χ2v) is 8.44. The summed E-state index contributed by atoms with van der Waals surface area (Å²) in [4.78, 5) is 52.5. The Labute approximate surface area is 179 Å². The highest BCUT2D eigenvalue weighted by Gasteiger charge is 2.36. The van der Waals surface area contributed by atoms with Crippen molar-refractivity contribution in [2.45, 2.75) is 71.6 Å². The van der Waals surface area contributed by atoms with Gasteiger partial charge in [0.15, 0.2) is 0 Å². The highest BCUT2D eigenvalue weighted by Crippen LogP contribution is 2.18. The van der Waals surface area contributed by atoms with Gasteiger partial charge in [-0.15, -0.1) is 0 Å². The van der Waals surface area contributed by atoms with Crippen molar-refractivity contribution in [3.05, 3.63) is 12.3 Å². The number of amides is 4. The van der Waals surface area contributed by atoms with Crippen LogP contribution in [0.4, 0.5) is 0 Å². The van der Waals surface area contributed by atoms with Gasteiger partial charge < -0.3 is 25.5 Å². The number of carbonyl (C=O) groups is 4. The molecule has 0 aromatic heterocycles. The lowest BCUT2D eigenvalue weighted by atomic mass is 9.96. The van der Waals surface area contributed by atoms with Crippen molar-refractivity contribution >= 4 is 23.6 Å². The predicted octanol–water partition coefficient (Wildman–Crippen LogP) is 0.633. The van der Waals surface area contributed by atoms with E-state index in [2.05, 4.69) is 17.2 Å². The summed E-state index contributed by atoms with van der Waals surface area (Å²) in [5.74, 6) is -2.00. The van der Waals surface area contributed by atoms with Crippen LogP contribution in [0.25, 0.3) is 0 Å². The van der Waals surface area contributed by atoms with Crippen LogP contribution in [0.3, 0.4) is 0 Å². The number of hydrogen-bond donors (Lipinski definition) is 3. The lowest BCUT2D eigenvalue weighted by Crippen LogP contribution is -2.57. The van der Waals surface area contributed by atoms with Gasteiger partial charge in [0.25, 0.3) is 5.91 Å². The SMILES string of the molecule is C=C(C(=O)N(C)[C@@H](CC(C)(C)O)C(=O)NC(C(=O)NC)C(C)C)N(C)C(=O)CCC. The number of carbonyl (C=O) groups excluding carboxylic acids is 4. The summed E-state index contributed by atoms with van der Waals surface area (Å²) >= 11 is 0. The van der Waals surface area contributed by atoms with Crippen LogP contribution in [-0.2, 0) is 19.2 Å². The van der Waals surface area contributed by atoms with Gasteiger partial charge in [0.05, 0.1) is 5.60 Å². The molecule has 9 heteroatoms. The molecule has 4 amide bonds. The van der Waals surface area contributed by atoms with Gasteiger partial charge in [0, 0.05) is 34.0 Å². The molecule has 0 bridgehead atoms. The zero-order valence-electron chi connectivity index (χ0n) is 19.5. The van der Waals surface area contributed by atoms with Crippen molar-refractivity contribution in [1.29, 1.82) is 0 Å². The number of rotatable bonds is 11. The Hall–Kier alpha value is -2.42. The van der Waals surface area contributed by atoms with Gasteiger partial charge in [-0.05, 0) is 26.2 Å². The molecule has 0 heterocycles. The fourth-order valence-electron chi connectivity index (χ4n) is 2.84. The van der Waals surface area contributed by atoms with Gasteiger partial charge in [0.1, 0.15) is 17.8 Å². The van der Waals surface area contributed by atoms with Gasteiger partial charge in [-0.2, -0.15) is 0 Å². The summed E-state index contributed by atoms with van der Waals surface area (Å²) in [7, 11) is 4.34. The first-order chi connectivity index (χ1) is 13.7. The van der Waals surface area contributed by atoms with Crippen molar-refractivity contribution in [3.8, 4) is 0 Å². The number of aliphatic hydroxyl groups is 1. The summed E-state index contributed by atoms with van der Waals surface area (Å²) in [6.45, 7) is 12.2. The smallest absolute Gasteiger partial charge is 0.270 e. The van der Waals surface area contributed by atoms with Crippen LogP contribution in [-0.4, -0.2) is 77.4 Å². The maximum absolute atomic E-state index is 13.0. The zero-order chi connectivity index (χ0) is 23.8. The Balaban J connectivity index is 5.71. The minimum Gasteiger partial charge on any atom is -0.390 e. The fraction of sp³-hybridized carbons (Fsp3) is 0.714. The molecule has 2 atom stereocenters. The van der Waals surface area contributed by atoms with E-state index in [1.807, 2.05) is 6.92 Å². The quantitative estimate of drug-likeness (QED) is 0.419. The van der Waals surface area contributed by atoms with Crippen molar-refractivity contribution in [1.82, 2.24) is 20.4 Å². The van der Waals surface area contributed by atoms with Crippen LogP contribution in [0.2, 0.25) is 0 Å². The van der Waals surface area contributed by atoms with E-state index in [-0.39, 0.29) is 36.3 Å². The molecule has 3 N–H and O–H groups in total. The standard InChI is InChI=1S/C21H38N4O5/c1-10-11-16(26)24(8)14(4)20(29)25(9)15(12-21(5,6)30)18(27)23-17(13(2)3)19(28)22-7/h13,15,17,30H,4,10-12H2,1-3,5-9H3,(H,22,28)(H,23,27)/t15-,17?/m0/s1. The molecule has 9 nitrogen and oxygen atoms in total. The van der Waals surface area contributed by atoms with E-state index in [0.717, 1.165) is 4.90 Å². The third-order valence-corrected chi connectivity index (χ3v) is 4.77. The molecule has 1 unspecified atom stereocenters. The molecule has 172 valence electrons. The van der Waals surface area contributed by atoms with Crippen molar-refractivity contribution in [3.63, 3.8) is 0 Å². The first-order valence-corrected chi connectivity index (χ1v) is 10.1. The molecule has 0 fully saturated rings. The molecular weight excluding hydrogens is 388 g/mol. The summed E-state index contributed by atoms with van der Waals surface area (Å²) in [5.41, 5.74) is -1.33. The van der Waals surface area contributed by atoms with Crippen molar-refractivity contribution in [2.24, 2.45) is 5.92 Å². The summed E-state index contributed by atoms with van der Waals surface area (Å²) in [5, 5.41) is 15.5. The molecule has 0 aliphatic rings. The van der Waals surface area contributed by atoms with E-state index < -0.39 is 29.5 Å². The van der Waals surface area contributed by atoms with E-state index in [1.165, 1.54) is 39.9 Å².